The first kappa shape index (κ1) is 12.5. The Morgan fingerprint density at radius 3 is 2.50 bits per heavy atom. The molecule has 6 heteroatoms. The Morgan fingerprint density at radius 1 is 1.33 bits per heavy atom. The van der Waals surface area contributed by atoms with Gasteiger partial charge in [-0.2, -0.15) is 0 Å². The largest absolute Gasteiger partial charge is 0.381 e. The summed E-state index contributed by atoms with van der Waals surface area (Å²) >= 11 is 0. The second-order valence-corrected chi connectivity index (χ2v) is 4.19. The van der Waals surface area contributed by atoms with Gasteiger partial charge < -0.3 is 10.1 Å². The summed E-state index contributed by atoms with van der Waals surface area (Å²) in [5.41, 5.74) is 2.12. The first-order chi connectivity index (χ1) is 8.58. The van der Waals surface area contributed by atoms with Crippen molar-refractivity contribution in [2.24, 2.45) is 0 Å². The molecule has 2 rings (SSSR count). The van der Waals surface area contributed by atoms with E-state index in [4.69, 9.17) is 4.74 Å². The van der Waals surface area contributed by atoms with Crippen LogP contribution in [0, 0.1) is 10.1 Å². The molecule has 1 N–H and O–H groups in total. The highest BCUT2D eigenvalue weighted by molar-refractivity contribution is 5.91. The van der Waals surface area contributed by atoms with Gasteiger partial charge in [-0.3, -0.25) is 14.9 Å². The summed E-state index contributed by atoms with van der Waals surface area (Å²) in [7, 11) is 0. The highest BCUT2D eigenvalue weighted by atomic mass is 16.6. The van der Waals surface area contributed by atoms with E-state index >= 15 is 0 Å². The number of nitrogens with zero attached hydrogens (tertiary/aromatic N) is 1. The minimum absolute atomic E-state index is 0.0640. The van der Waals surface area contributed by atoms with E-state index in [0.717, 1.165) is 11.1 Å². The van der Waals surface area contributed by atoms with E-state index < -0.39 is 4.92 Å². The molecule has 1 aromatic carbocycles. The number of hydrogen-bond acceptors (Lipinski definition) is 4. The van der Waals surface area contributed by atoms with Gasteiger partial charge in [0, 0.05) is 13.0 Å². The number of benzene rings is 1. The minimum Gasteiger partial charge on any atom is -0.381 e. The van der Waals surface area contributed by atoms with Crippen LogP contribution in [-0.2, 0) is 22.4 Å². The molecule has 1 aliphatic rings. The number of anilines is 1. The Labute approximate surface area is 104 Å². The van der Waals surface area contributed by atoms with Crippen LogP contribution in [0.25, 0.3) is 0 Å². The molecule has 1 aliphatic heterocycles. The molecular formula is C12H14N2O4. The van der Waals surface area contributed by atoms with E-state index in [1.54, 1.807) is 6.07 Å². The maximum atomic E-state index is 11.1. The van der Waals surface area contributed by atoms with Crippen molar-refractivity contribution in [3.05, 3.63) is 33.4 Å². The van der Waals surface area contributed by atoms with Crippen molar-refractivity contribution >= 4 is 17.3 Å². The van der Waals surface area contributed by atoms with E-state index in [9.17, 15) is 14.9 Å². The van der Waals surface area contributed by atoms with Crippen LogP contribution in [0.15, 0.2) is 12.1 Å². The van der Waals surface area contributed by atoms with Crippen molar-refractivity contribution < 1.29 is 14.5 Å². The third-order valence-corrected chi connectivity index (χ3v) is 2.86. The topological polar surface area (TPSA) is 81.5 Å². The van der Waals surface area contributed by atoms with E-state index in [0.29, 0.717) is 26.1 Å². The van der Waals surface area contributed by atoms with Crippen LogP contribution >= 0.6 is 0 Å². The van der Waals surface area contributed by atoms with E-state index in [-0.39, 0.29) is 17.3 Å². The zero-order valence-electron chi connectivity index (χ0n) is 10.1. The van der Waals surface area contributed by atoms with Crippen LogP contribution in [0.1, 0.15) is 18.1 Å². The number of rotatable bonds is 2. The van der Waals surface area contributed by atoms with Crippen molar-refractivity contribution in [1.82, 2.24) is 0 Å². The third-order valence-electron chi connectivity index (χ3n) is 2.86. The molecule has 0 radical (unpaired) electrons. The maximum Gasteiger partial charge on any atom is 0.293 e. The number of fused-ring (bicyclic) bond motifs is 1. The standard InChI is InChI=1S/C12H14N2O4/c1-8(15)13-11-6-9-2-4-18-5-3-10(9)7-12(11)14(16)17/h6-7H,2-5H2,1H3,(H,13,15). The quantitative estimate of drug-likeness (QED) is 0.639. The van der Waals surface area contributed by atoms with Gasteiger partial charge in [-0.25, -0.2) is 0 Å². The number of nitrogens with one attached hydrogen (secondary N) is 1. The van der Waals surface area contributed by atoms with Gasteiger partial charge in [0.05, 0.1) is 18.1 Å². The van der Waals surface area contributed by atoms with E-state index in [1.807, 2.05) is 0 Å². The van der Waals surface area contributed by atoms with Gasteiger partial charge in [-0.1, -0.05) is 0 Å². The lowest BCUT2D eigenvalue weighted by molar-refractivity contribution is -0.384. The average Bonchev–Trinajstić information content (AvgIpc) is 2.51. The van der Waals surface area contributed by atoms with Crippen LogP contribution in [-0.4, -0.2) is 24.0 Å². The van der Waals surface area contributed by atoms with Crippen LogP contribution in [0.2, 0.25) is 0 Å². The highest BCUT2D eigenvalue weighted by Gasteiger charge is 2.20. The summed E-state index contributed by atoms with van der Waals surface area (Å²) in [4.78, 5) is 21.6. The predicted molar refractivity (Wildman–Crippen MR) is 65.6 cm³/mol. The Hall–Kier alpha value is -1.95. The molecule has 0 spiro atoms. The lowest BCUT2D eigenvalue weighted by Gasteiger charge is -2.09. The summed E-state index contributed by atoms with van der Waals surface area (Å²) < 4.78 is 5.34. The van der Waals surface area contributed by atoms with Crippen molar-refractivity contribution in [2.45, 2.75) is 19.8 Å². The summed E-state index contributed by atoms with van der Waals surface area (Å²) in [6.45, 7) is 2.51. The monoisotopic (exact) mass is 250 g/mol. The summed E-state index contributed by atoms with van der Waals surface area (Å²) in [6, 6.07) is 3.22. The van der Waals surface area contributed by atoms with E-state index in [2.05, 4.69) is 5.32 Å². The minimum atomic E-state index is -0.475. The first-order valence-electron chi connectivity index (χ1n) is 5.73. The number of ether oxygens (including phenoxy) is 1. The zero-order chi connectivity index (χ0) is 13.1. The number of hydrogen-bond donors (Lipinski definition) is 1. The molecule has 1 amide bonds. The van der Waals surface area contributed by atoms with Gasteiger partial charge in [0.1, 0.15) is 5.69 Å². The average molecular weight is 250 g/mol. The fraction of sp³-hybridized carbons (Fsp3) is 0.417. The Balaban J connectivity index is 2.47. The molecule has 0 saturated heterocycles. The third kappa shape index (κ3) is 2.65. The van der Waals surface area contributed by atoms with Crippen molar-refractivity contribution in [1.29, 1.82) is 0 Å². The van der Waals surface area contributed by atoms with Crippen LogP contribution in [0.5, 0.6) is 0 Å². The van der Waals surface area contributed by atoms with Gasteiger partial charge in [0.15, 0.2) is 0 Å². The molecular weight excluding hydrogens is 236 g/mol. The van der Waals surface area contributed by atoms with Crippen LogP contribution in [0.3, 0.4) is 0 Å². The van der Waals surface area contributed by atoms with Crippen molar-refractivity contribution in [3.8, 4) is 0 Å². The Bertz CT molecular complexity index is 499. The summed E-state index contributed by atoms with van der Waals surface area (Å²) in [6.07, 6.45) is 1.37. The summed E-state index contributed by atoms with van der Waals surface area (Å²) in [5.74, 6) is -0.317. The second-order valence-electron chi connectivity index (χ2n) is 4.19. The molecule has 0 atom stereocenters. The molecule has 1 aromatic rings. The van der Waals surface area contributed by atoms with Crippen molar-refractivity contribution in [2.75, 3.05) is 18.5 Å². The normalized spacial score (nSPS) is 14.5. The molecule has 18 heavy (non-hydrogen) atoms. The van der Waals surface area contributed by atoms with Gasteiger partial charge in [-0.15, -0.1) is 0 Å². The predicted octanol–water partition coefficient (Wildman–Crippen LogP) is 1.67. The van der Waals surface area contributed by atoms with Gasteiger partial charge >= 0.3 is 0 Å². The second kappa shape index (κ2) is 5.14. The molecule has 0 aromatic heterocycles. The van der Waals surface area contributed by atoms with Crippen LogP contribution in [0.4, 0.5) is 11.4 Å². The molecule has 0 bridgehead atoms. The lowest BCUT2D eigenvalue weighted by atomic mass is 10.0. The molecule has 96 valence electrons. The Morgan fingerprint density at radius 2 is 1.94 bits per heavy atom. The van der Waals surface area contributed by atoms with Gasteiger partial charge in [-0.05, 0) is 30.0 Å². The number of carbonyl (C=O) groups is 1. The molecule has 6 nitrogen and oxygen atoms in total. The molecule has 1 heterocycles. The van der Waals surface area contributed by atoms with E-state index in [1.165, 1.54) is 13.0 Å². The molecule has 0 saturated carbocycles. The van der Waals surface area contributed by atoms with Gasteiger partial charge in [0.2, 0.25) is 5.91 Å². The maximum absolute atomic E-state index is 11.1. The zero-order valence-corrected chi connectivity index (χ0v) is 10.1. The SMILES string of the molecule is CC(=O)Nc1cc2c(cc1[N+](=O)[O-])CCOCC2. The highest BCUT2D eigenvalue weighted by Crippen LogP contribution is 2.30. The number of carbonyl (C=O) groups excluding carboxylic acids is 1. The van der Waals surface area contributed by atoms with Gasteiger partial charge in [0.25, 0.3) is 5.69 Å². The lowest BCUT2D eigenvalue weighted by Crippen LogP contribution is -2.09. The molecule has 0 fully saturated rings. The Kier molecular flexibility index (Phi) is 3.57. The molecule has 0 aliphatic carbocycles. The number of amides is 1. The fourth-order valence-electron chi connectivity index (χ4n) is 2.05. The fourth-order valence-corrected chi connectivity index (χ4v) is 2.05. The van der Waals surface area contributed by atoms with Crippen molar-refractivity contribution in [3.63, 3.8) is 0 Å². The number of nitro benzene ring substituents is 1. The molecule has 0 unspecified atom stereocenters. The summed E-state index contributed by atoms with van der Waals surface area (Å²) in [5, 5.41) is 13.5. The van der Waals surface area contributed by atoms with Crippen LogP contribution < -0.4 is 5.32 Å². The first-order valence-corrected chi connectivity index (χ1v) is 5.73. The number of nitro groups is 1. The smallest absolute Gasteiger partial charge is 0.293 e.